The van der Waals surface area contributed by atoms with E-state index in [9.17, 15) is 13.2 Å². The predicted octanol–water partition coefficient (Wildman–Crippen LogP) is 1.33. The molecule has 2 fully saturated rings. The van der Waals surface area contributed by atoms with Crippen molar-refractivity contribution < 1.29 is 17.9 Å². The van der Waals surface area contributed by atoms with Crippen molar-refractivity contribution in [2.45, 2.75) is 31.7 Å². The Hall–Kier alpha value is -1.40. The first kappa shape index (κ1) is 16.5. The quantitative estimate of drug-likeness (QED) is 0.900. The van der Waals surface area contributed by atoms with Crippen LogP contribution in [0.2, 0.25) is 0 Å². The van der Waals surface area contributed by atoms with Gasteiger partial charge in [-0.05, 0) is 31.2 Å². The maximum absolute atomic E-state index is 12.9. The molecule has 1 amide bonds. The van der Waals surface area contributed by atoms with E-state index < -0.39 is 15.3 Å². The van der Waals surface area contributed by atoms with Crippen LogP contribution in [-0.4, -0.2) is 45.1 Å². The number of ether oxygens (including phenoxy) is 1. The summed E-state index contributed by atoms with van der Waals surface area (Å²) in [5.74, 6) is 0.218. The van der Waals surface area contributed by atoms with Crippen molar-refractivity contribution in [3.63, 3.8) is 0 Å². The number of amides is 1. The summed E-state index contributed by atoms with van der Waals surface area (Å²) in [6.45, 7) is 1.15. The van der Waals surface area contributed by atoms with Gasteiger partial charge < -0.3 is 10.1 Å². The SMILES string of the molecule is O=C(N[C@H]1CCS(=O)(=O)C1)C1(Cc2ccccc2)CCOCC1. The van der Waals surface area contributed by atoms with Gasteiger partial charge in [-0.15, -0.1) is 0 Å². The molecule has 0 spiro atoms. The second-order valence-electron chi connectivity index (χ2n) is 6.63. The van der Waals surface area contributed by atoms with E-state index in [4.69, 9.17) is 4.74 Å². The van der Waals surface area contributed by atoms with Crippen molar-refractivity contribution in [2.24, 2.45) is 5.41 Å². The predicted molar refractivity (Wildman–Crippen MR) is 87.8 cm³/mol. The molecule has 2 saturated heterocycles. The van der Waals surface area contributed by atoms with E-state index in [0.29, 0.717) is 38.9 Å². The molecular formula is C17H23NO4S. The Morgan fingerprint density at radius 2 is 1.91 bits per heavy atom. The Bertz CT molecular complexity index is 650. The van der Waals surface area contributed by atoms with E-state index in [0.717, 1.165) is 5.56 Å². The topological polar surface area (TPSA) is 72.5 Å². The van der Waals surface area contributed by atoms with Gasteiger partial charge in [-0.1, -0.05) is 30.3 Å². The lowest BCUT2D eigenvalue weighted by Crippen LogP contribution is -2.49. The largest absolute Gasteiger partial charge is 0.381 e. The standard InChI is InChI=1S/C17H23NO4S/c19-16(18-15-6-11-23(20,21)13-15)17(7-9-22-10-8-17)12-14-4-2-1-3-5-14/h1-5,15H,6-13H2,(H,18,19)/t15-/m0/s1. The van der Waals surface area contributed by atoms with Crippen molar-refractivity contribution in [2.75, 3.05) is 24.7 Å². The van der Waals surface area contributed by atoms with Gasteiger partial charge in [0.25, 0.3) is 0 Å². The molecule has 3 rings (SSSR count). The smallest absolute Gasteiger partial charge is 0.226 e. The first-order valence-electron chi connectivity index (χ1n) is 8.12. The number of carbonyl (C=O) groups excluding carboxylic acids is 1. The van der Waals surface area contributed by atoms with Gasteiger partial charge in [0.2, 0.25) is 5.91 Å². The number of nitrogens with one attached hydrogen (secondary N) is 1. The zero-order valence-electron chi connectivity index (χ0n) is 13.2. The van der Waals surface area contributed by atoms with Crippen molar-refractivity contribution >= 4 is 15.7 Å². The molecule has 1 aromatic rings. The summed E-state index contributed by atoms with van der Waals surface area (Å²) in [7, 11) is -2.99. The molecule has 126 valence electrons. The first-order chi connectivity index (χ1) is 11.0. The van der Waals surface area contributed by atoms with Crippen LogP contribution in [0.3, 0.4) is 0 Å². The number of carbonyl (C=O) groups is 1. The fourth-order valence-electron chi connectivity index (χ4n) is 3.48. The molecule has 0 radical (unpaired) electrons. The lowest BCUT2D eigenvalue weighted by atomic mass is 9.74. The lowest BCUT2D eigenvalue weighted by Gasteiger charge is -2.36. The molecule has 2 heterocycles. The summed E-state index contributed by atoms with van der Waals surface area (Å²) in [6.07, 6.45) is 2.54. The monoisotopic (exact) mass is 337 g/mol. The second kappa shape index (κ2) is 6.61. The molecule has 5 nitrogen and oxygen atoms in total. The highest BCUT2D eigenvalue weighted by molar-refractivity contribution is 7.91. The van der Waals surface area contributed by atoms with Crippen LogP contribution in [0.5, 0.6) is 0 Å². The lowest BCUT2D eigenvalue weighted by molar-refractivity contribution is -0.137. The molecule has 2 aliphatic rings. The molecule has 1 N–H and O–H groups in total. The maximum atomic E-state index is 12.9. The molecule has 6 heteroatoms. The van der Waals surface area contributed by atoms with Crippen LogP contribution in [0.25, 0.3) is 0 Å². The molecule has 2 aliphatic heterocycles. The Morgan fingerprint density at radius 3 is 2.52 bits per heavy atom. The normalized spacial score (nSPS) is 25.8. The van der Waals surface area contributed by atoms with Gasteiger partial charge in [0, 0.05) is 19.3 Å². The van der Waals surface area contributed by atoms with Crippen molar-refractivity contribution in [3.05, 3.63) is 35.9 Å². The maximum Gasteiger partial charge on any atom is 0.226 e. The summed E-state index contributed by atoms with van der Waals surface area (Å²) < 4.78 is 28.6. The molecule has 0 aromatic heterocycles. The zero-order chi connectivity index (χ0) is 16.3. The molecule has 0 bridgehead atoms. The van der Waals surface area contributed by atoms with Crippen LogP contribution in [0.15, 0.2) is 30.3 Å². The summed E-state index contributed by atoms with van der Waals surface area (Å²) in [5.41, 5.74) is 0.634. The third-order valence-electron chi connectivity index (χ3n) is 4.88. The van der Waals surface area contributed by atoms with Gasteiger partial charge in [-0.25, -0.2) is 8.42 Å². The van der Waals surface area contributed by atoms with Gasteiger partial charge in [0.15, 0.2) is 9.84 Å². The van der Waals surface area contributed by atoms with E-state index in [-0.39, 0.29) is 23.5 Å². The van der Waals surface area contributed by atoms with Crippen LogP contribution in [0, 0.1) is 5.41 Å². The summed E-state index contributed by atoms with van der Waals surface area (Å²) in [4.78, 5) is 12.9. The number of hydrogen-bond acceptors (Lipinski definition) is 4. The third-order valence-corrected chi connectivity index (χ3v) is 6.65. The Kier molecular flexibility index (Phi) is 4.73. The Balaban J connectivity index is 1.74. The fraction of sp³-hybridized carbons (Fsp3) is 0.588. The van der Waals surface area contributed by atoms with E-state index >= 15 is 0 Å². The van der Waals surface area contributed by atoms with Gasteiger partial charge >= 0.3 is 0 Å². The summed E-state index contributed by atoms with van der Waals surface area (Å²) in [6, 6.07) is 9.73. The fourth-order valence-corrected chi connectivity index (χ4v) is 5.15. The Labute approximate surface area is 137 Å². The average molecular weight is 337 g/mol. The molecule has 0 aliphatic carbocycles. The van der Waals surface area contributed by atoms with Gasteiger partial charge in [0.05, 0.1) is 16.9 Å². The van der Waals surface area contributed by atoms with E-state index in [1.54, 1.807) is 0 Å². The van der Waals surface area contributed by atoms with Gasteiger partial charge in [0.1, 0.15) is 0 Å². The van der Waals surface area contributed by atoms with Crippen LogP contribution in [0.1, 0.15) is 24.8 Å². The zero-order valence-corrected chi connectivity index (χ0v) is 14.0. The van der Waals surface area contributed by atoms with Crippen molar-refractivity contribution in [3.8, 4) is 0 Å². The van der Waals surface area contributed by atoms with Crippen LogP contribution in [0.4, 0.5) is 0 Å². The number of benzene rings is 1. The second-order valence-corrected chi connectivity index (χ2v) is 8.86. The first-order valence-corrected chi connectivity index (χ1v) is 9.94. The van der Waals surface area contributed by atoms with Crippen LogP contribution in [-0.2, 0) is 25.8 Å². The van der Waals surface area contributed by atoms with Crippen molar-refractivity contribution in [1.29, 1.82) is 0 Å². The van der Waals surface area contributed by atoms with Crippen molar-refractivity contribution in [1.82, 2.24) is 5.32 Å². The highest BCUT2D eigenvalue weighted by atomic mass is 32.2. The summed E-state index contributed by atoms with van der Waals surface area (Å²) >= 11 is 0. The van der Waals surface area contributed by atoms with Crippen LogP contribution < -0.4 is 5.32 Å². The molecule has 1 atom stereocenters. The van der Waals surface area contributed by atoms with Crippen LogP contribution >= 0.6 is 0 Å². The summed E-state index contributed by atoms with van der Waals surface area (Å²) in [5, 5.41) is 2.99. The minimum Gasteiger partial charge on any atom is -0.381 e. The minimum atomic E-state index is -2.99. The molecule has 1 aromatic carbocycles. The number of sulfone groups is 1. The molecule has 0 unspecified atom stereocenters. The average Bonchev–Trinajstić information content (AvgIpc) is 2.88. The number of rotatable bonds is 4. The van der Waals surface area contributed by atoms with E-state index in [2.05, 4.69) is 5.32 Å². The highest BCUT2D eigenvalue weighted by Crippen LogP contribution is 2.35. The van der Waals surface area contributed by atoms with E-state index in [1.807, 2.05) is 30.3 Å². The van der Waals surface area contributed by atoms with E-state index in [1.165, 1.54) is 0 Å². The molecule has 0 saturated carbocycles. The Morgan fingerprint density at radius 1 is 1.22 bits per heavy atom. The highest BCUT2D eigenvalue weighted by Gasteiger charge is 2.42. The third kappa shape index (κ3) is 3.93. The number of hydrogen-bond donors (Lipinski definition) is 1. The van der Waals surface area contributed by atoms with Gasteiger partial charge in [-0.3, -0.25) is 4.79 Å². The minimum absolute atomic E-state index is 0.0215. The molecule has 23 heavy (non-hydrogen) atoms. The molecular weight excluding hydrogens is 314 g/mol. The van der Waals surface area contributed by atoms with Gasteiger partial charge in [-0.2, -0.15) is 0 Å².